The first-order valence-electron chi connectivity index (χ1n) is 7.56. The average Bonchev–Trinajstić information content (AvgIpc) is 3.05. The lowest BCUT2D eigenvalue weighted by Gasteiger charge is -2.06. The van der Waals surface area contributed by atoms with Crippen molar-refractivity contribution >= 4 is 34.1 Å². The number of nitrogens with zero attached hydrogens (tertiary/aromatic N) is 1. The van der Waals surface area contributed by atoms with E-state index in [2.05, 4.69) is 42.3 Å². The van der Waals surface area contributed by atoms with Crippen LogP contribution in [0.15, 0.2) is 52.7 Å². The summed E-state index contributed by atoms with van der Waals surface area (Å²) in [5.74, 6) is -0.123. The zero-order valence-corrected chi connectivity index (χ0v) is 15.4. The van der Waals surface area contributed by atoms with Gasteiger partial charge in [0.05, 0.1) is 11.3 Å². The van der Waals surface area contributed by atoms with Crippen molar-refractivity contribution in [2.24, 2.45) is 0 Å². The number of aromatic nitrogens is 1. The summed E-state index contributed by atoms with van der Waals surface area (Å²) in [4.78, 5) is 18.0. The molecular formula is C19H18N2OS2. The maximum Gasteiger partial charge on any atom is 0.258 e. The number of thioether (sulfide) groups is 1. The molecule has 1 N–H and O–H groups in total. The first-order valence-corrected chi connectivity index (χ1v) is 9.66. The zero-order chi connectivity index (χ0) is 17.1. The number of anilines is 1. The predicted molar refractivity (Wildman–Crippen MR) is 103 cm³/mol. The number of carbonyl (C=O) groups is 1. The Balaban J connectivity index is 1.84. The van der Waals surface area contributed by atoms with Gasteiger partial charge in [-0.05, 0) is 43.9 Å². The van der Waals surface area contributed by atoms with Gasteiger partial charge in [0.1, 0.15) is 0 Å². The first kappa shape index (κ1) is 16.7. The van der Waals surface area contributed by atoms with Crippen molar-refractivity contribution in [2.45, 2.75) is 18.7 Å². The van der Waals surface area contributed by atoms with Crippen molar-refractivity contribution in [3.8, 4) is 11.3 Å². The zero-order valence-electron chi connectivity index (χ0n) is 13.8. The second kappa shape index (κ2) is 7.20. The highest BCUT2D eigenvalue weighted by molar-refractivity contribution is 7.98. The Morgan fingerprint density at radius 2 is 1.96 bits per heavy atom. The maximum absolute atomic E-state index is 12.5. The molecule has 0 saturated heterocycles. The van der Waals surface area contributed by atoms with Crippen molar-refractivity contribution in [1.82, 2.24) is 4.98 Å². The monoisotopic (exact) mass is 354 g/mol. The molecule has 122 valence electrons. The molecule has 3 aromatic rings. The fraction of sp³-hybridized carbons (Fsp3) is 0.158. The summed E-state index contributed by atoms with van der Waals surface area (Å²) in [5.41, 5.74) is 5.05. The second-order valence-corrected chi connectivity index (χ2v) is 7.22. The fourth-order valence-corrected chi connectivity index (χ4v) is 3.76. The van der Waals surface area contributed by atoms with Gasteiger partial charge in [0, 0.05) is 15.8 Å². The lowest BCUT2D eigenvalue weighted by Crippen LogP contribution is -2.12. The van der Waals surface area contributed by atoms with E-state index >= 15 is 0 Å². The van der Waals surface area contributed by atoms with Crippen molar-refractivity contribution in [2.75, 3.05) is 11.6 Å². The molecule has 1 amide bonds. The minimum atomic E-state index is -0.123. The lowest BCUT2D eigenvalue weighted by molar-refractivity contribution is 0.102. The van der Waals surface area contributed by atoms with E-state index in [9.17, 15) is 4.79 Å². The Hall–Kier alpha value is -2.11. The van der Waals surface area contributed by atoms with Gasteiger partial charge in [0.2, 0.25) is 0 Å². The van der Waals surface area contributed by atoms with Crippen LogP contribution in [0.25, 0.3) is 11.3 Å². The molecular weight excluding hydrogens is 336 g/mol. The smallest absolute Gasteiger partial charge is 0.258 e. The normalized spacial score (nSPS) is 10.6. The number of thiazole rings is 1. The highest BCUT2D eigenvalue weighted by atomic mass is 32.2. The van der Waals surface area contributed by atoms with Gasteiger partial charge >= 0.3 is 0 Å². The van der Waals surface area contributed by atoms with Gasteiger partial charge < -0.3 is 0 Å². The maximum atomic E-state index is 12.5. The summed E-state index contributed by atoms with van der Waals surface area (Å²) in [6.07, 6.45) is 1.97. The van der Waals surface area contributed by atoms with E-state index in [1.54, 1.807) is 11.8 Å². The summed E-state index contributed by atoms with van der Waals surface area (Å²) >= 11 is 3.01. The van der Waals surface area contributed by atoms with Crippen molar-refractivity contribution in [3.63, 3.8) is 0 Å². The van der Waals surface area contributed by atoms with Crippen LogP contribution < -0.4 is 5.32 Å². The number of benzene rings is 2. The van der Waals surface area contributed by atoms with Crippen molar-refractivity contribution < 1.29 is 4.79 Å². The third-order valence-corrected chi connectivity index (χ3v) is 5.30. The van der Waals surface area contributed by atoms with E-state index in [0.29, 0.717) is 10.7 Å². The van der Waals surface area contributed by atoms with Crippen LogP contribution >= 0.6 is 23.1 Å². The molecule has 0 aliphatic heterocycles. The SMILES string of the molecule is CSc1ccccc1C(=O)Nc1nc(-c2cc(C)ccc2C)cs1. The third kappa shape index (κ3) is 3.52. The minimum absolute atomic E-state index is 0.123. The summed E-state index contributed by atoms with van der Waals surface area (Å²) < 4.78 is 0. The van der Waals surface area contributed by atoms with Crippen LogP contribution in [0.4, 0.5) is 5.13 Å². The molecule has 0 saturated carbocycles. The highest BCUT2D eigenvalue weighted by Crippen LogP contribution is 2.29. The average molecular weight is 354 g/mol. The van der Waals surface area contributed by atoms with Crippen molar-refractivity contribution in [3.05, 3.63) is 64.5 Å². The Bertz CT molecular complexity index is 887. The topological polar surface area (TPSA) is 42.0 Å². The molecule has 0 aliphatic carbocycles. The van der Waals surface area contributed by atoms with Crippen LogP contribution in [0.2, 0.25) is 0 Å². The lowest BCUT2D eigenvalue weighted by atomic mass is 10.0. The van der Waals surface area contributed by atoms with E-state index in [1.165, 1.54) is 22.5 Å². The number of hydrogen-bond donors (Lipinski definition) is 1. The van der Waals surface area contributed by atoms with Crippen molar-refractivity contribution in [1.29, 1.82) is 0 Å². The predicted octanol–water partition coefficient (Wildman–Crippen LogP) is 5.40. The second-order valence-electron chi connectivity index (χ2n) is 5.51. The van der Waals surface area contributed by atoms with E-state index < -0.39 is 0 Å². The Kier molecular flexibility index (Phi) is 5.02. The van der Waals surface area contributed by atoms with Crippen LogP contribution in [0.5, 0.6) is 0 Å². The van der Waals surface area contributed by atoms with Gasteiger partial charge in [-0.15, -0.1) is 23.1 Å². The Morgan fingerprint density at radius 1 is 1.17 bits per heavy atom. The fourth-order valence-electron chi connectivity index (χ4n) is 2.46. The Morgan fingerprint density at radius 3 is 2.75 bits per heavy atom. The molecule has 24 heavy (non-hydrogen) atoms. The molecule has 0 unspecified atom stereocenters. The molecule has 1 aromatic heterocycles. The number of rotatable bonds is 4. The molecule has 3 rings (SSSR count). The molecule has 0 radical (unpaired) electrons. The van der Waals surface area contributed by atoms with Crippen LogP contribution in [-0.2, 0) is 0 Å². The Labute approximate surface area is 150 Å². The highest BCUT2D eigenvalue weighted by Gasteiger charge is 2.13. The molecule has 0 aliphatic rings. The number of nitrogens with one attached hydrogen (secondary N) is 1. The van der Waals surface area contributed by atoms with Gasteiger partial charge in [0.25, 0.3) is 5.91 Å². The van der Waals surface area contributed by atoms with E-state index in [1.807, 2.05) is 35.9 Å². The summed E-state index contributed by atoms with van der Waals surface area (Å²) in [5, 5.41) is 5.51. The third-order valence-electron chi connectivity index (χ3n) is 3.75. The van der Waals surface area contributed by atoms with E-state index in [-0.39, 0.29) is 5.91 Å². The van der Waals surface area contributed by atoms with Gasteiger partial charge in [-0.2, -0.15) is 0 Å². The largest absolute Gasteiger partial charge is 0.298 e. The quantitative estimate of drug-likeness (QED) is 0.638. The number of aryl methyl sites for hydroxylation is 2. The van der Waals surface area contributed by atoms with Gasteiger partial charge in [-0.25, -0.2) is 4.98 Å². The summed E-state index contributed by atoms with van der Waals surface area (Å²) in [7, 11) is 0. The molecule has 0 fully saturated rings. The molecule has 0 atom stereocenters. The van der Waals surface area contributed by atoms with E-state index in [0.717, 1.165) is 16.2 Å². The van der Waals surface area contributed by atoms with Crippen LogP contribution in [0.1, 0.15) is 21.5 Å². The number of hydrogen-bond acceptors (Lipinski definition) is 4. The van der Waals surface area contributed by atoms with E-state index in [4.69, 9.17) is 0 Å². The summed E-state index contributed by atoms with van der Waals surface area (Å²) in [6.45, 7) is 4.14. The van der Waals surface area contributed by atoms with Crippen LogP contribution in [0.3, 0.4) is 0 Å². The minimum Gasteiger partial charge on any atom is -0.298 e. The van der Waals surface area contributed by atoms with Crippen LogP contribution in [0, 0.1) is 13.8 Å². The van der Waals surface area contributed by atoms with Gasteiger partial charge in [-0.1, -0.05) is 29.8 Å². The molecule has 0 spiro atoms. The van der Waals surface area contributed by atoms with Crippen LogP contribution in [-0.4, -0.2) is 17.1 Å². The molecule has 0 bridgehead atoms. The summed E-state index contributed by atoms with van der Waals surface area (Å²) in [6, 6.07) is 13.9. The molecule has 2 aromatic carbocycles. The standard InChI is InChI=1S/C19H18N2OS2/c1-12-8-9-13(2)15(10-12)16-11-24-19(20-16)21-18(22)14-6-4-5-7-17(14)23-3/h4-11H,1-3H3,(H,20,21,22). The number of carbonyl (C=O) groups excluding carboxylic acids is 1. The number of amides is 1. The molecule has 5 heteroatoms. The first-order chi connectivity index (χ1) is 11.6. The van der Waals surface area contributed by atoms with Gasteiger partial charge in [-0.3, -0.25) is 10.1 Å². The molecule has 1 heterocycles. The molecule has 3 nitrogen and oxygen atoms in total. The van der Waals surface area contributed by atoms with Gasteiger partial charge in [0.15, 0.2) is 5.13 Å².